The summed E-state index contributed by atoms with van der Waals surface area (Å²) in [6, 6.07) is 59.8. The normalized spacial score (nSPS) is 11.0. The minimum absolute atomic E-state index is 0.610. The van der Waals surface area contributed by atoms with Crippen LogP contribution in [0.5, 0.6) is 0 Å². The second kappa shape index (κ2) is 14.7. The summed E-state index contributed by atoms with van der Waals surface area (Å²) in [6.07, 6.45) is 5.40. The molecule has 0 radical (unpaired) electrons. The topological polar surface area (TPSA) is 77.3 Å². The molecule has 4 aromatic heterocycles. The largest absolute Gasteiger partial charge is 0.264 e. The van der Waals surface area contributed by atoms with E-state index in [1.807, 2.05) is 72.9 Å². The molecule has 0 aliphatic carbocycles. The van der Waals surface area contributed by atoms with E-state index in [1.165, 1.54) is 0 Å². The molecule has 6 heteroatoms. The Hall–Kier alpha value is -7.44. The molecule has 0 N–H and O–H groups in total. The van der Waals surface area contributed by atoms with Crippen molar-refractivity contribution in [3.63, 3.8) is 0 Å². The maximum Gasteiger partial charge on any atom is 0.164 e. The fraction of sp³-hybridized carbons (Fsp3) is 0. The number of aromatic nitrogens is 6. The van der Waals surface area contributed by atoms with E-state index in [-0.39, 0.29) is 0 Å². The molecule has 0 aliphatic rings. The maximum absolute atomic E-state index is 5.04. The van der Waals surface area contributed by atoms with Gasteiger partial charge in [-0.3, -0.25) is 9.97 Å². The molecular weight excluding hydrogens is 661 g/mol. The van der Waals surface area contributed by atoms with Crippen molar-refractivity contribution < 1.29 is 0 Å². The fourth-order valence-electron chi connectivity index (χ4n) is 6.51. The average Bonchev–Trinajstić information content (AvgIpc) is 3.27. The van der Waals surface area contributed by atoms with Crippen LogP contribution in [0.25, 0.3) is 90.2 Å². The molecule has 254 valence electrons. The van der Waals surface area contributed by atoms with Crippen molar-refractivity contribution in [1.82, 2.24) is 29.9 Å². The van der Waals surface area contributed by atoms with Crippen LogP contribution in [0.2, 0.25) is 0 Å². The van der Waals surface area contributed by atoms with Gasteiger partial charge in [-0.25, -0.2) is 19.9 Å². The molecule has 5 aromatic carbocycles. The zero-order valence-corrected chi connectivity index (χ0v) is 29.2. The van der Waals surface area contributed by atoms with Gasteiger partial charge in [0, 0.05) is 40.8 Å². The van der Waals surface area contributed by atoms with Gasteiger partial charge in [0.15, 0.2) is 17.5 Å². The molecule has 0 saturated carbocycles. The lowest BCUT2D eigenvalue weighted by atomic mass is 9.96. The van der Waals surface area contributed by atoms with Crippen molar-refractivity contribution in [2.45, 2.75) is 0 Å². The zero-order chi connectivity index (χ0) is 36.1. The van der Waals surface area contributed by atoms with Crippen molar-refractivity contribution in [3.8, 4) is 90.2 Å². The number of pyridine rings is 3. The summed E-state index contributed by atoms with van der Waals surface area (Å²) in [7, 11) is 0. The van der Waals surface area contributed by atoms with Crippen molar-refractivity contribution in [1.29, 1.82) is 0 Å². The van der Waals surface area contributed by atoms with E-state index in [2.05, 4.69) is 119 Å². The first kappa shape index (κ1) is 32.5. The molecule has 0 aliphatic heterocycles. The van der Waals surface area contributed by atoms with E-state index in [1.54, 1.807) is 12.4 Å². The Bertz CT molecular complexity index is 2630. The Balaban J connectivity index is 1.10. The molecule has 0 atom stereocenters. The first-order valence-corrected chi connectivity index (χ1v) is 17.8. The van der Waals surface area contributed by atoms with Gasteiger partial charge in [0.1, 0.15) is 0 Å². The number of hydrogen-bond donors (Lipinski definition) is 0. The molecule has 0 unspecified atom stereocenters. The van der Waals surface area contributed by atoms with Crippen LogP contribution in [0.3, 0.4) is 0 Å². The van der Waals surface area contributed by atoms with Crippen LogP contribution in [-0.2, 0) is 0 Å². The number of rotatable bonds is 8. The summed E-state index contributed by atoms with van der Waals surface area (Å²) in [5.74, 6) is 1.86. The lowest BCUT2D eigenvalue weighted by Gasteiger charge is -2.12. The summed E-state index contributed by atoms with van der Waals surface area (Å²) < 4.78 is 0. The minimum Gasteiger partial charge on any atom is -0.264 e. The highest BCUT2D eigenvalue weighted by Gasteiger charge is 2.15. The van der Waals surface area contributed by atoms with Crippen molar-refractivity contribution in [3.05, 3.63) is 195 Å². The van der Waals surface area contributed by atoms with Gasteiger partial charge in [0.2, 0.25) is 0 Å². The molecule has 0 bridgehead atoms. The Labute approximate surface area is 313 Å². The van der Waals surface area contributed by atoms with Gasteiger partial charge in [0.25, 0.3) is 0 Å². The minimum atomic E-state index is 0.610. The Morgan fingerprint density at radius 1 is 0.259 bits per heavy atom. The highest BCUT2D eigenvalue weighted by Crippen LogP contribution is 2.34. The fourth-order valence-corrected chi connectivity index (χ4v) is 6.51. The van der Waals surface area contributed by atoms with Gasteiger partial charge in [-0.05, 0) is 81.9 Å². The second-order valence-electron chi connectivity index (χ2n) is 12.9. The van der Waals surface area contributed by atoms with Gasteiger partial charge < -0.3 is 0 Å². The van der Waals surface area contributed by atoms with E-state index >= 15 is 0 Å². The number of benzene rings is 5. The molecule has 4 heterocycles. The molecule has 0 fully saturated rings. The number of nitrogens with zero attached hydrogens (tertiary/aromatic N) is 6. The summed E-state index contributed by atoms with van der Waals surface area (Å²) in [5, 5.41) is 0. The molecule has 9 aromatic rings. The Kier molecular flexibility index (Phi) is 8.81. The van der Waals surface area contributed by atoms with E-state index in [0.29, 0.717) is 17.5 Å². The van der Waals surface area contributed by atoms with Crippen LogP contribution in [0, 0.1) is 0 Å². The maximum atomic E-state index is 5.04. The van der Waals surface area contributed by atoms with Crippen LogP contribution < -0.4 is 0 Å². The summed E-state index contributed by atoms with van der Waals surface area (Å²) in [4.78, 5) is 28.9. The lowest BCUT2D eigenvalue weighted by Crippen LogP contribution is -2.00. The van der Waals surface area contributed by atoms with E-state index in [4.69, 9.17) is 19.9 Å². The Morgan fingerprint density at radius 2 is 0.759 bits per heavy atom. The molecule has 0 spiro atoms. The number of hydrogen-bond acceptors (Lipinski definition) is 6. The lowest BCUT2D eigenvalue weighted by molar-refractivity contribution is 1.07. The van der Waals surface area contributed by atoms with Crippen molar-refractivity contribution >= 4 is 0 Å². The van der Waals surface area contributed by atoms with Crippen LogP contribution in [0.15, 0.2) is 195 Å². The van der Waals surface area contributed by atoms with E-state index in [0.717, 1.165) is 72.7 Å². The molecule has 0 amide bonds. The summed E-state index contributed by atoms with van der Waals surface area (Å²) in [6.45, 7) is 0. The monoisotopic (exact) mass is 692 g/mol. The zero-order valence-electron chi connectivity index (χ0n) is 29.2. The average molecular weight is 693 g/mol. The summed E-state index contributed by atoms with van der Waals surface area (Å²) >= 11 is 0. The first-order chi connectivity index (χ1) is 26.7. The van der Waals surface area contributed by atoms with E-state index < -0.39 is 0 Å². The third-order valence-electron chi connectivity index (χ3n) is 9.28. The third kappa shape index (κ3) is 6.92. The summed E-state index contributed by atoms with van der Waals surface area (Å²) in [5.41, 5.74) is 12.7. The molecular formula is C48H32N6. The van der Waals surface area contributed by atoms with Crippen LogP contribution in [0.1, 0.15) is 0 Å². The van der Waals surface area contributed by atoms with Gasteiger partial charge in [-0.1, -0.05) is 127 Å². The van der Waals surface area contributed by atoms with E-state index in [9.17, 15) is 0 Å². The molecule has 54 heavy (non-hydrogen) atoms. The second-order valence-corrected chi connectivity index (χ2v) is 12.9. The third-order valence-corrected chi connectivity index (χ3v) is 9.28. The molecule has 9 rings (SSSR count). The molecule has 0 saturated heterocycles. The standard InChI is InChI=1S/C48H32N6/c1-3-12-33(13-4-1)34-22-24-36(25-23-34)47-52-46(35-14-5-2-6-15-35)53-48(54-47)40-19-10-17-38(29-40)37-16-9-18-39(28-37)42-30-44(41-20-11-26-49-32-41)51-45(31-42)43-21-7-8-27-50-43/h1-32H. The predicted octanol–water partition coefficient (Wildman–Crippen LogP) is 11.4. The van der Waals surface area contributed by atoms with Crippen LogP contribution in [0.4, 0.5) is 0 Å². The quantitative estimate of drug-likeness (QED) is 0.158. The highest BCUT2D eigenvalue weighted by molar-refractivity contribution is 5.80. The van der Waals surface area contributed by atoms with Crippen molar-refractivity contribution in [2.75, 3.05) is 0 Å². The van der Waals surface area contributed by atoms with Gasteiger partial charge in [-0.2, -0.15) is 0 Å². The first-order valence-electron chi connectivity index (χ1n) is 17.8. The van der Waals surface area contributed by atoms with Gasteiger partial charge in [-0.15, -0.1) is 0 Å². The van der Waals surface area contributed by atoms with Crippen molar-refractivity contribution in [2.24, 2.45) is 0 Å². The predicted molar refractivity (Wildman–Crippen MR) is 217 cm³/mol. The Morgan fingerprint density at radius 3 is 1.41 bits per heavy atom. The van der Waals surface area contributed by atoms with Crippen LogP contribution in [-0.4, -0.2) is 29.9 Å². The SMILES string of the molecule is c1ccc(-c2ccc(-c3nc(-c4ccccc4)nc(-c4cccc(-c5cccc(-c6cc(-c7cccnc7)nc(-c7ccccn7)c6)c5)c4)n3)cc2)cc1. The molecule has 6 nitrogen and oxygen atoms in total. The van der Waals surface area contributed by atoms with Crippen LogP contribution >= 0.6 is 0 Å². The van der Waals surface area contributed by atoms with Gasteiger partial charge in [0.05, 0.1) is 17.1 Å². The highest BCUT2D eigenvalue weighted by atomic mass is 15.0. The smallest absolute Gasteiger partial charge is 0.164 e. The van der Waals surface area contributed by atoms with Gasteiger partial charge >= 0.3 is 0 Å².